The second-order valence-corrected chi connectivity index (χ2v) is 8.23. The minimum Gasteiger partial charge on any atom is -0.385 e. The molecule has 1 aromatic carbocycles. The predicted molar refractivity (Wildman–Crippen MR) is 131 cm³/mol. The zero-order chi connectivity index (χ0) is 24.4. The van der Waals surface area contributed by atoms with Crippen molar-refractivity contribution in [3.8, 4) is 6.07 Å². The number of anilines is 1. The summed E-state index contributed by atoms with van der Waals surface area (Å²) in [6.45, 7) is 11.8. The molecule has 178 valence electrons. The quantitative estimate of drug-likeness (QED) is 0.346. The topological polar surface area (TPSA) is 101 Å². The lowest BCUT2D eigenvalue weighted by molar-refractivity contribution is 0.0748. The molecule has 0 amide bonds. The average Bonchev–Trinajstić information content (AvgIpc) is 2.78. The lowest BCUT2D eigenvalue weighted by Crippen LogP contribution is -2.28. The van der Waals surface area contributed by atoms with Gasteiger partial charge in [-0.05, 0) is 64.7 Å². The second-order valence-electron chi connectivity index (χ2n) is 8.23. The summed E-state index contributed by atoms with van der Waals surface area (Å²) < 4.78 is 12.4. The van der Waals surface area contributed by atoms with Crippen molar-refractivity contribution in [1.29, 1.82) is 5.26 Å². The van der Waals surface area contributed by atoms with Gasteiger partial charge in [-0.1, -0.05) is 12.1 Å². The lowest BCUT2D eigenvalue weighted by Gasteiger charge is -2.19. The van der Waals surface area contributed by atoms with E-state index in [1.54, 1.807) is 18.6 Å². The number of hydrogen-bond donors (Lipinski definition) is 1. The van der Waals surface area contributed by atoms with Crippen molar-refractivity contribution in [2.24, 2.45) is 10.2 Å². The molecule has 33 heavy (non-hydrogen) atoms. The van der Waals surface area contributed by atoms with Crippen molar-refractivity contribution in [3.63, 3.8) is 0 Å². The van der Waals surface area contributed by atoms with Gasteiger partial charge in [0, 0.05) is 39.0 Å². The molecule has 0 unspecified atom stereocenters. The van der Waals surface area contributed by atoms with Crippen molar-refractivity contribution in [3.05, 3.63) is 50.8 Å². The highest BCUT2D eigenvalue weighted by Gasteiger charge is 2.19. The SMILES string of the molecule is COCCCNc1c(N=Nc2cccc(C)c2C)c(C)c(C#N)c(=O)n1CCCOC(C)C. The molecule has 1 N–H and O–H groups in total. The molecule has 2 aromatic rings. The van der Waals surface area contributed by atoms with Crippen LogP contribution in [0.15, 0.2) is 33.2 Å². The Hall–Kier alpha value is -3.02. The molecule has 0 aliphatic heterocycles. The van der Waals surface area contributed by atoms with Crippen LogP contribution in [-0.2, 0) is 16.0 Å². The van der Waals surface area contributed by atoms with Crippen LogP contribution in [0.4, 0.5) is 17.2 Å². The van der Waals surface area contributed by atoms with E-state index in [-0.39, 0.29) is 17.2 Å². The molecular formula is C25H35N5O3. The van der Waals surface area contributed by atoms with Gasteiger partial charge < -0.3 is 14.8 Å². The van der Waals surface area contributed by atoms with E-state index < -0.39 is 0 Å². The van der Waals surface area contributed by atoms with Gasteiger partial charge in [0.05, 0.1) is 11.8 Å². The van der Waals surface area contributed by atoms with E-state index in [2.05, 4.69) is 21.6 Å². The number of pyridine rings is 1. The number of aryl methyl sites for hydroxylation is 1. The maximum atomic E-state index is 13.1. The number of benzene rings is 1. The Labute approximate surface area is 196 Å². The normalized spacial score (nSPS) is 11.3. The fourth-order valence-electron chi connectivity index (χ4n) is 3.38. The molecule has 0 radical (unpaired) electrons. The first-order valence-electron chi connectivity index (χ1n) is 11.3. The largest absolute Gasteiger partial charge is 0.385 e. The van der Waals surface area contributed by atoms with E-state index in [0.29, 0.717) is 49.8 Å². The van der Waals surface area contributed by atoms with Crippen molar-refractivity contribution >= 4 is 17.2 Å². The Morgan fingerprint density at radius 3 is 2.55 bits per heavy atom. The van der Waals surface area contributed by atoms with Gasteiger partial charge in [-0.2, -0.15) is 10.4 Å². The molecule has 0 saturated carbocycles. The van der Waals surface area contributed by atoms with Crippen LogP contribution in [0.25, 0.3) is 0 Å². The van der Waals surface area contributed by atoms with E-state index in [4.69, 9.17) is 9.47 Å². The monoisotopic (exact) mass is 453 g/mol. The molecular weight excluding hydrogens is 418 g/mol. The third-order valence-corrected chi connectivity index (χ3v) is 5.42. The molecule has 8 heteroatoms. The zero-order valence-corrected chi connectivity index (χ0v) is 20.6. The first-order chi connectivity index (χ1) is 15.8. The van der Waals surface area contributed by atoms with Crippen LogP contribution < -0.4 is 10.9 Å². The number of methoxy groups -OCH3 is 1. The number of aromatic nitrogens is 1. The Kier molecular flexibility index (Phi) is 10.2. The van der Waals surface area contributed by atoms with Crippen LogP contribution in [0, 0.1) is 32.1 Å². The van der Waals surface area contributed by atoms with Gasteiger partial charge in [0.2, 0.25) is 0 Å². The smallest absolute Gasteiger partial charge is 0.270 e. The molecule has 8 nitrogen and oxygen atoms in total. The highest BCUT2D eigenvalue weighted by Crippen LogP contribution is 2.32. The predicted octanol–water partition coefficient (Wildman–Crippen LogP) is 5.32. The number of ether oxygens (including phenoxy) is 2. The summed E-state index contributed by atoms with van der Waals surface area (Å²) in [6, 6.07) is 7.92. The van der Waals surface area contributed by atoms with Crippen LogP contribution in [0.5, 0.6) is 0 Å². The Morgan fingerprint density at radius 1 is 1.12 bits per heavy atom. The fraction of sp³-hybridized carbons (Fsp3) is 0.520. The van der Waals surface area contributed by atoms with Gasteiger partial charge in [-0.3, -0.25) is 9.36 Å². The van der Waals surface area contributed by atoms with Crippen LogP contribution in [0.3, 0.4) is 0 Å². The number of nitriles is 1. The van der Waals surface area contributed by atoms with Crippen molar-refractivity contribution in [2.75, 3.05) is 32.2 Å². The van der Waals surface area contributed by atoms with Crippen LogP contribution in [0.1, 0.15) is 48.9 Å². The standard InChI is InChI=1S/C25H35N5O3/c1-17(2)33-15-9-13-30-24(27-12-8-14-32-6)23(20(5)21(16-26)25(30)31)29-28-22-11-7-10-18(3)19(22)4/h7,10-11,17,27H,8-9,12-15H2,1-6H3. The van der Waals surface area contributed by atoms with Crippen LogP contribution in [0.2, 0.25) is 0 Å². The minimum absolute atomic E-state index is 0.0807. The van der Waals surface area contributed by atoms with E-state index in [9.17, 15) is 10.1 Å². The molecule has 0 aliphatic carbocycles. The highest BCUT2D eigenvalue weighted by molar-refractivity contribution is 5.69. The summed E-state index contributed by atoms with van der Waals surface area (Å²) in [5, 5.41) is 22.1. The fourth-order valence-corrected chi connectivity index (χ4v) is 3.38. The zero-order valence-electron chi connectivity index (χ0n) is 20.6. The van der Waals surface area contributed by atoms with Gasteiger partial charge in [0.1, 0.15) is 23.1 Å². The van der Waals surface area contributed by atoms with E-state index in [1.165, 1.54) is 0 Å². The summed E-state index contributed by atoms with van der Waals surface area (Å²) in [4.78, 5) is 13.1. The van der Waals surface area contributed by atoms with Gasteiger partial charge in [0.25, 0.3) is 5.56 Å². The van der Waals surface area contributed by atoms with Gasteiger partial charge in [-0.25, -0.2) is 0 Å². The summed E-state index contributed by atoms with van der Waals surface area (Å²) >= 11 is 0. The number of rotatable bonds is 12. The molecule has 0 bridgehead atoms. The lowest BCUT2D eigenvalue weighted by atomic mass is 10.1. The van der Waals surface area contributed by atoms with Gasteiger partial charge in [0.15, 0.2) is 0 Å². The molecule has 0 atom stereocenters. The molecule has 1 aromatic heterocycles. The molecule has 0 spiro atoms. The molecule has 1 heterocycles. The van der Waals surface area contributed by atoms with Crippen molar-refractivity contribution in [1.82, 2.24) is 4.57 Å². The highest BCUT2D eigenvalue weighted by atomic mass is 16.5. The van der Waals surface area contributed by atoms with Crippen LogP contribution >= 0.6 is 0 Å². The number of nitrogens with one attached hydrogen (secondary N) is 1. The van der Waals surface area contributed by atoms with E-state index in [0.717, 1.165) is 23.2 Å². The molecule has 2 rings (SSSR count). The maximum Gasteiger partial charge on any atom is 0.270 e. The number of azo groups is 1. The first-order valence-corrected chi connectivity index (χ1v) is 11.3. The van der Waals surface area contributed by atoms with Crippen molar-refractivity contribution in [2.45, 2.75) is 60.1 Å². The summed E-state index contributed by atoms with van der Waals surface area (Å²) in [7, 11) is 1.65. The van der Waals surface area contributed by atoms with Crippen LogP contribution in [-0.4, -0.2) is 37.5 Å². The average molecular weight is 454 g/mol. The third kappa shape index (κ3) is 6.98. The summed E-state index contributed by atoms with van der Waals surface area (Å²) in [5.74, 6) is 0.561. The maximum absolute atomic E-state index is 13.1. The number of nitrogens with zero attached hydrogens (tertiary/aromatic N) is 4. The first kappa shape index (κ1) is 26.2. The summed E-state index contributed by atoms with van der Waals surface area (Å²) in [5.41, 5.74) is 3.66. The Morgan fingerprint density at radius 2 is 1.88 bits per heavy atom. The van der Waals surface area contributed by atoms with Crippen molar-refractivity contribution < 1.29 is 9.47 Å². The number of hydrogen-bond acceptors (Lipinski definition) is 7. The van der Waals surface area contributed by atoms with Gasteiger partial charge >= 0.3 is 0 Å². The second kappa shape index (κ2) is 12.9. The molecule has 0 saturated heterocycles. The minimum atomic E-state index is -0.334. The summed E-state index contributed by atoms with van der Waals surface area (Å²) in [6.07, 6.45) is 1.50. The Balaban J connectivity index is 2.55. The Bertz CT molecular complexity index is 1070. The van der Waals surface area contributed by atoms with E-state index in [1.807, 2.05) is 45.9 Å². The molecule has 0 aliphatic rings. The third-order valence-electron chi connectivity index (χ3n) is 5.42. The molecule has 0 fully saturated rings. The van der Waals surface area contributed by atoms with Gasteiger partial charge in [-0.15, -0.1) is 5.11 Å². The van der Waals surface area contributed by atoms with E-state index >= 15 is 0 Å².